The standard InChI is InChI=1S/C32H34N4O4/c37-30(38)17-19-34-31(39)25-8-6-22(7-9-25)21-36(28-13-10-24(11-14-28)23-4-2-1-3-5-23)32(40)35-27-12-15-29-26(20-27)16-18-33-29/h6-16,18,20,23,33H,1-5,17,19,21H2,(H,34,39)(H,35,40)(H,37,38). The number of carboxylic acids is 1. The number of aromatic amines is 1. The fourth-order valence-electron chi connectivity index (χ4n) is 5.29. The van der Waals surface area contributed by atoms with Crippen molar-refractivity contribution in [1.29, 1.82) is 0 Å². The summed E-state index contributed by atoms with van der Waals surface area (Å²) in [7, 11) is 0. The highest BCUT2D eigenvalue weighted by molar-refractivity contribution is 6.02. The fraction of sp³-hybridized carbons (Fsp3) is 0.281. The zero-order valence-electron chi connectivity index (χ0n) is 22.4. The molecule has 0 atom stereocenters. The molecule has 40 heavy (non-hydrogen) atoms. The van der Waals surface area contributed by atoms with E-state index < -0.39 is 5.97 Å². The molecule has 1 heterocycles. The molecular weight excluding hydrogens is 504 g/mol. The van der Waals surface area contributed by atoms with E-state index in [-0.39, 0.29) is 24.9 Å². The van der Waals surface area contributed by atoms with Gasteiger partial charge < -0.3 is 20.7 Å². The molecule has 3 aromatic carbocycles. The minimum Gasteiger partial charge on any atom is -0.481 e. The fourth-order valence-corrected chi connectivity index (χ4v) is 5.29. The van der Waals surface area contributed by atoms with Gasteiger partial charge in [0.15, 0.2) is 0 Å². The number of aliphatic carboxylic acids is 1. The number of anilines is 2. The maximum Gasteiger partial charge on any atom is 0.326 e. The van der Waals surface area contributed by atoms with E-state index in [0.717, 1.165) is 22.2 Å². The van der Waals surface area contributed by atoms with Crippen molar-refractivity contribution in [1.82, 2.24) is 10.3 Å². The van der Waals surface area contributed by atoms with Crippen LogP contribution in [0, 0.1) is 0 Å². The summed E-state index contributed by atoms with van der Waals surface area (Å²) >= 11 is 0. The van der Waals surface area contributed by atoms with E-state index in [1.54, 1.807) is 17.0 Å². The van der Waals surface area contributed by atoms with E-state index >= 15 is 0 Å². The Balaban J connectivity index is 1.34. The molecule has 0 unspecified atom stereocenters. The third-order valence-electron chi connectivity index (χ3n) is 7.51. The van der Waals surface area contributed by atoms with Gasteiger partial charge in [0.2, 0.25) is 0 Å². The van der Waals surface area contributed by atoms with Gasteiger partial charge in [0, 0.05) is 40.6 Å². The quantitative estimate of drug-likeness (QED) is 0.191. The molecule has 4 aromatic rings. The van der Waals surface area contributed by atoms with Crippen molar-refractivity contribution in [3.05, 3.63) is 95.7 Å². The molecule has 8 nitrogen and oxygen atoms in total. The SMILES string of the molecule is O=C(O)CCNC(=O)c1ccc(CN(C(=O)Nc2ccc3[nH]ccc3c2)c2ccc(C3CCCCC3)cc2)cc1. The van der Waals surface area contributed by atoms with Gasteiger partial charge >= 0.3 is 12.0 Å². The Morgan fingerprint density at radius 1 is 0.900 bits per heavy atom. The normalized spacial score (nSPS) is 13.6. The van der Waals surface area contributed by atoms with Crippen LogP contribution >= 0.6 is 0 Å². The minimum absolute atomic E-state index is 0.0647. The number of hydrogen-bond donors (Lipinski definition) is 4. The monoisotopic (exact) mass is 538 g/mol. The number of urea groups is 1. The van der Waals surface area contributed by atoms with Gasteiger partial charge in [-0.3, -0.25) is 14.5 Å². The first-order valence-electron chi connectivity index (χ1n) is 13.8. The van der Waals surface area contributed by atoms with Crippen LogP contribution in [0.15, 0.2) is 79.0 Å². The summed E-state index contributed by atoms with van der Waals surface area (Å²) in [5, 5.41) is 15.4. The predicted molar refractivity (Wildman–Crippen MR) is 157 cm³/mol. The average molecular weight is 539 g/mol. The predicted octanol–water partition coefficient (Wildman–Crippen LogP) is 6.66. The van der Waals surface area contributed by atoms with Crippen molar-refractivity contribution in [2.24, 2.45) is 0 Å². The highest BCUT2D eigenvalue weighted by Gasteiger charge is 2.20. The number of hydrogen-bond acceptors (Lipinski definition) is 3. The van der Waals surface area contributed by atoms with Crippen molar-refractivity contribution < 1.29 is 19.5 Å². The zero-order valence-corrected chi connectivity index (χ0v) is 22.4. The number of carbonyl (C=O) groups excluding carboxylic acids is 2. The van der Waals surface area contributed by atoms with E-state index in [2.05, 4.69) is 27.8 Å². The molecule has 206 valence electrons. The summed E-state index contributed by atoms with van der Waals surface area (Å²) < 4.78 is 0. The zero-order chi connectivity index (χ0) is 27.9. The van der Waals surface area contributed by atoms with Crippen LogP contribution < -0.4 is 15.5 Å². The molecule has 0 aliphatic heterocycles. The summed E-state index contributed by atoms with van der Waals surface area (Å²) in [6, 6.07) is 22.8. The molecule has 1 fully saturated rings. The number of benzene rings is 3. The summed E-state index contributed by atoms with van der Waals surface area (Å²) in [6.45, 7) is 0.372. The van der Waals surface area contributed by atoms with E-state index in [9.17, 15) is 14.4 Å². The van der Waals surface area contributed by atoms with Crippen LogP contribution in [0.4, 0.5) is 16.2 Å². The molecule has 5 rings (SSSR count). The number of amides is 3. The summed E-state index contributed by atoms with van der Waals surface area (Å²) in [5.74, 6) is -0.720. The van der Waals surface area contributed by atoms with E-state index in [4.69, 9.17) is 5.11 Å². The van der Waals surface area contributed by atoms with E-state index in [1.165, 1.54) is 37.7 Å². The first-order chi connectivity index (χ1) is 19.5. The lowest BCUT2D eigenvalue weighted by molar-refractivity contribution is -0.136. The first-order valence-corrected chi connectivity index (χ1v) is 13.8. The largest absolute Gasteiger partial charge is 0.481 e. The first kappa shape index (κ1) is 27.0. The van der Waals surface area contributed by atoms with Gasteiger partial charge in [0.05, 0.1) is 13.0 Å². The average Bonchev–Trinajstić information content (AvgIpc) is 3.44. The number of rotatable bonds is 9. The highest BCUT2D eigenvalue weighted by atomic mass is 16.4. The van der Waals surface area contributed by atoms with Gasteiger partial charge in [-0.15, -0.1) is 0 Å². The maximum absolute atomic E-state index is 13.6. The Bertz CT molecular complexity index is 1470. The number of fused-ring (bicyclic) bond motifs is 1. The second-order valence-electron chi connectivity index (χ2n) is 10.3. The van der Waals surface area contributed by atoms with Gasteiger partial charge in [-0.05, 0) is 78.4 Å². The number of H-pyrrole nitrogens is 1. The molecule has 0 spiro atoms. The second kappa shape index (κ2) is 12.5. The van der Waals surface area contributed by atoms with Crippen LogP contribution in [0.2, 0.25) is 0 Å². The molecule has 0 bridgehead atoms. The molecule has 0 saturated heterocycles. The van der Waals surface area contributed by atoms with Crippen LogP contribution in [0.1, 0.15) is 65.9 Å². The van der Waals surface area contributed by atoms with Crippen LogP contribution in [0.3, 0.4) is 0 Å². The Morgan fingerprint density at radius 3 is 2.38 bits per heavy atom. The summed E-state index contributed by atoms with van der Waals surface area (Å²) in [6.07, 6.45) is 7.99. The van der Waals surface area contributed by atoms with E-state index in [0.29, 0.717) is 23.7 Å². The number of nitrogens with one attached hydrogen (secondary N) is 3. The van der Waals surface area contributed by atoms with Gasteiger partial charge in [0.1, 0.15) is 0 Å². The van der Waals surface area contributed by atoms with Crippen LogP contribution in [0.25, 0.3) is 10.9 Å². The third kappa shape index (κ3) is 6.69. The van der Waals surface area contributed by atoms with E-state index in [1.807, 2.05) is 54.7 Å². The van der Waals surface area contributed by atoms with Gasteiger partial charge in [-0.25, -0.2) is 4.79 Å². The lowest BCUT2D eigenvalue weighted by Crippen LogP contribution is -2.34. The minimum atomic E-state index is -0.964. The molecule has 0 radical (unpaired) electrons. The van der Waals surface area contributed by atoms with Crippen LogP contribution in [-0.2, 0) is 11.3 Å². The van der Waals surface area contributed by atoms with Crippen molar-refractivity contribution in [2.75, 3.05) is 16.8 Å². The van der Waals surface area contributed by atoms with Crippen molar-refractivity contribution in [2.45, 2.75) is 51.0 Å². The number of aromatic nitrogens is 1. The molecule has 1 aliphatic carbocycles. The molecule has 4 N–H and O–H groups in total. The van der Waals surface area contributed by atoms with Crippen LogP contribution in [0.5, 0.6) is 0 Å². The summed E-state index contributed by atoms with van der Waals surface area (Å²) in [5.41, 5.74) is 5.10. The van der Waals surface area contributed by atoms with Crippen molar-refractivity contribution >= 4 is 40.2 Å². The van der Waals surface area contributed by atoms with Gasteiger partial charge in [-0.1, -0.05) is 43.5 Å². The second-order valence-corrected chi connectivity index (χ2v) is 10.3. The van der Waals surface area contributed by atoms with Crippen LogP contribution in [-0.4, -0.2) is 34.5 Å². The Kier molecular flexibility index (Phi) is 8.44. The Labute approximate surface area is 233 Å². The maximum atomic E-state index is 13.6. The van der Waals surface area contributed by atoms with Crippen molar-refractivity contribution in [3.8, 4) is 0 Å². The van der Waals surface area contributed by atoms with Crippen molar-refractivity contribution in [3.63, 3.8) is 0 Å². The molecule has 1 saturated carbocycles. The molecule has 1 aromatic heterocycles. The molecule has 1 aliphatic rings. The highest BCUT2D eigenvalue weighted by Crippen LogP contribution is 2.33. The molecule has 3 amide bonds. The molecule has 8 heteroatoms. The number of carbonyl (C=O) groups is 3. The number of nitrogens with zero attached hydrogens (tertiary/aromatic N) is 1. The Morgan fingerprint density at radius 2 is 1.65 bits per heavy atom. The lowest BCUT2D eigenvalue weighted by Gasteiger charge is -2.26. The molecular formula is C32H34N4O4. The smallest absolute Gasteiger partial charge is 0.326 e. The topological polar surface area (TPSA) is 115 Å². The van der Waals surface area contributed by atoms with Gasteiger partial charge in [-0.2, -0.15) is 0 Å². The third-order valence-corrected chi connectivity index (χ3v) is 7.51. The Hall–Kier alpha value is -4.59. The number of carboxylic acid groups (broad SMARTS) is 1. The summed E-state index contributed by atoms with van der Waals surface area (Å²) in [4.78, 5) is 41.5. The lowest BCUT2D eigenvalue weighted by atomic mass is 9.84. The van der Waals surface area contributed by atoms with Gasteiger partial charge in [0.25, 0.3) is 5.91 Å².